The molecule has 94 valence electrons. The number of fused-ring (bicyclic) bond motifs is 1. The highest BCUT2D eigenvalue weighted by molar-refractivity contribution is 5.99. The molecule has 1 aromatic carbocycles. The van der Waals surface area contributed by atoms with E-state index in [-0.39, 0.29) is 5.69 Å². The molecule has 0 spiro atoms. The van der Waals surface area contributed by atoms with Crippen molar-refractivity contribution in [3.05, 3.63) is 54.4 Å². The molecule has 2 aromatic heterocycles. The second-order valence-corrected chi connectivity index (χ2v) is 4.36. The molecule has 0 aliphatic rings. The van der Waals surface area contributed by atoms with Gasteiger partial charge in [0, 0.05) is 18.6 Å². The van der Waals surface area contributed by atoms with Gasteiger partial charge in [0.25, 0.3) is 0 Å². The number of aryl methyl sites for hydroxylation is 1. The van der Waals surface area contributed by atoms with Gasteiger partial charge in [-0.15, -0.1) is 0 Å². The maximum absolute atomic E-state index is 11.2. The second kappa shape index (κ2) is 4.24. The fourth-order valence-electron chi connectivity index (χ4n) is 2.29. The van der Waals surface area contributed by atoms with Gasteiger partial charge >= 0.3 is 5.97 Å². The highest BCUT2D eigenvalue weighted by atomic mass is 16.4. The summed E-state index contributed by atoms with van der Waals surface area (Å²) in [4.78, 5) is 15.5. The lowest BCUT2D eigenvalue weighted by Gasteiger charge is -2.03. The molecule has 0 aliphatic carbocycles. The summed E-state index contributed by atoms with van der Waals surface area (Å²) < 4.78 is 1.60. The lowest BCUT2D eigenvalue weighted by molar-refractivity contribution is 0.0687. The van der Waals surface area contributed by atoms with Crippen LogP contribution < -0.4 is 0 Å². The number of carboxylic acids is 1. The third-order valence-electron chi connectivity index (χ3n) is 3.23. The SMILES string of the molecule is Cn1c(C(=O)O)cc2c(-c3ccccc3)ccnc21. The summed E-state index contributed by atoms with van der Waals surface area (Å²) in [5.41, 5.74) is 2.97. The quantitative estimate of drug-likeness (QED) is 0.763. The van der Waals surface area contributed by atoms with Crippen LogP contribution in [-0.2, 0) is 7.05 Å². The minimum Gasteiger partial charge on any atom is -0.477 e. The van der Waals surface area contributed by atoms with Gasteiger partial charge in [-0.25, -0.2) is 9.78 Å². The van der Waals surface area contributed by atoms with E-state index in [0.717, 1.165) is 16.5 Å². The first-order valence-corrected chi connectivity index (χ1v) is 5.91. The summed E-state index contributed by atoms with van der Waals surface area (Å²) in [6.07, 6.45) is 1.70. The fraction of sp³-hybridized carbons (Fsp3) is 0.0667. The van der Waals surface area contributed by atoms with Crippen LogP contribution in [0.3, 0.4) is 0 Å². The van der Waals surface area contributed by atoms with Crippen LogP contribution in [0.5, 0.6) is 0 Å². The molecular weight excluding hydrogens is 240 g/mol. The van der Waals surface area contributed by atoms with Gasteiger partial charge in [0.05, 0.1) is 0 Å². The van der Waals surface area contributed by atoms with Gasteiger partial charge in [-0.3, -0.25) is 0 Å². The molecule has 0 fully saturated rings. The van der Waals surface area contributed by atoms with Crippen LogP contribution >= 0.6 is 0 Å². The van der Waals surface area contributed by atoms with Crippen molar-refractivity contribution < 1.29 is 9.90 Å². The van der Waals surface area contributed by atoms with Crippen molar-refractivity contribution in [3.8, 4) is 11.1 Å². The molecule has 0 saturated heterocycles. The van der Waals surface area contributed by atoms with Crippen molar-refractivity contribution in [2.45, 2.75) is 0 Å². The first-order chi connectivity index (χ1) is 9.18. The van der Waals surface area contributed by atoms with E-state index < -0.39 is 5.97 Å². The van der Waals surface area contributed by atoms with Crippen molar-refractivity contribution in [1.82, 2.24) is 9.55 Å². The van der Waals surface area contributed by atoms with Crippen molar-refractivity contribution in [2.24, 2.45) is 7.05 Å². The molecule has 4 heteroatoms. The summed E-state index contributed by atoms with van der Waals surface area (Å²) in [5.74, 6) is -0.945. The highest BCUT2D eigenvalue weighted by Gasteiger charge is 2.15. The topological polar surface area (TPSA) is 55.1 Å². The molecule has 4 nitrogen and oxygen atoms in total. The van der Waals surface area contributed by atoms with E-state index in [0.29, 0.717) is 5.65 Å². The largest absolute Gasteiger partial charge is 0.477 e. The Balaban J connectivity index is 2.33. The van der Waals surface area contributed by atoms with E-state index >= 15 is 0 Å². The van der Waals surface area contributed by atoms with Gasteiger partial charge in [-0.05, 0) is 23.3 Å². The Morgan fingerprint density at radius 1 is 1.21 bits per heavy atom. The average Bonchev–Trinajstić information content (AvgIpc) is 2.78. The van der Waals surface area contributed by atoms with Crippen LogP contribution in [0.15, 0.2) is 48.7 Å². The molecule has 0 saturated carbocycles. The number of aromatic nitrogens is 2. The Morgan fingerprint density at radius 3 is 2.63 bits per heavy atom. The van der Waals surface area contributed by atoms with Gasteiger partial charge in [-0.2, -0.15) is 0 Å². The van der Waals surface area contributed by atoms with E-state index in [1.807, 2.05) is 36.4 Å². The molecule has 0 atom stereocenters. The predicted molar refractivity (Wildman–Crippen MR) is 73.1 cm³/mol. The molecule has 3 aromatic rings. The smallest absolute Gasteiger partial charge is 0.352 e. The molecular formula is C15H12N2O2. The first kappa shape index (κ1) is 11.5. The van der Waals surface area contributed by atoms with E-state index in [9.17, 15) is 9.90 Å². The lowest BCUT2D eigenvalue weighted by atomic mass is 10.0. The molecule has 1 N–H and O–H groups in total. The fourth-order valence-corrected chi connectivity index (χ4v) is 2.29. The number of rotatable bonds is 2. The zero-order valence-electron chi connectivity index (χ0n) is 10.4. The van der Waals surface area contributed by atoms with Crippen molar-refractivity contribution in [2.75, 3.05) is 0 Å². The van der Waals surface area contributed by atoms with Crippen LogP contribution in [0.2, 0.25) is 0 Å². The molecule has 0 bridgehead atoms. The summed E-state index contributed by atoms with van der Waals surface area (Å²) in [5, 5.41) is 10.0. The van der Waals surface area contributed by atoms with Crippen molar-refractivity contribution in [3.63, 3.8) is 0 Å². The molecule has 0 unspecified atom stereocenters. The van der Waals surface area contributed by atoms with Crippen molar-refractivity contribution >= 4 is 17.0 Å². The minimum atomic E-state index is -0.945. The molecule has 0 radical (unpaired) electrons. The van der Waals surface area contributed by atoms with Crippen LogP contribution in [0.25, 0.3) is 22.2 Å². The van der Waals surface area contributed by atoms with E-state index in [1.54, 1.807) is 23.9 Å². The minimum absolute atomic E-state index is 0.242. The molecule has 0 aliphatic heterocycles. The van der Waals surface area contributed by atoms with E-state index in [4.69, 9.17) is 0 Å². The average molecular weight is 252 g/mol. The summed E-state index contributed by atoms with van der Waals surface area (Å²) in [7, 11) is 1.72. The second-order valence-electron chi connectivity index (χ2n) is 4.36. The molecule has 0 amide bonds. The highest BCUT2D eigenvalue weighted by Crippen LogP contribution is 2.29. The third kappa shape index (κ3) is 1.78. The van der Waals surface area contributed by atoms with Crippen LogP contribution in [-0.4, -0.2) is 20.6 Å². The van der Waals surface area contributed by atoms with Crippen molar-refractivity contribution in [1.29, 1.82) is 0 Å². The van der Waals surface area contributed by atoms with Crippen LogP contribution in [0.4, 0.5) is 0 Å². The Kier molecular flexibility index (Phi) is 2.56. The molecule has 2 heterocycles. The normalized spacial score (nSPS) is 10.8. The number of hydrogen-bond acceptors (Lipinski definition) is 2. The number of hydrogen-bond donors (Lipinski definition) is 1. The zero-order valence-corrected chi connectivity index (χ0v) is 10.4. The number of nitrogens with zero attached hydrogens (tertiary/aromatic N) is 2. The van der Waals surface area contributed by atoms with Gasteiger partial charge in [-0.1, -0.05) is 30.3 Å². The lowest BCUT2D eigenvalue weighted by Crippen LogP contribution is -2.04. The number of carboxylic acid groups (broad SMARTS) is 1. The van der Waals surface area contributed by atoms with Gasteiger partial charge in [0.15, 0.2) is 0 Å². The van der Waals surface area contributed by atoms with E-state index in [2.05, 4.69) is 4.98 Å². The molecule has 19 heavy (non-hydrogen) atoms. The Labute approximate surface area is 109 Å². The predicted octanol–water partition coefficient (Wildman–Crippen LogP) is 2.94. The third-order valence-corrected chi connectivity index (χ3v) is 3.23. The van der Waals surface area contributed by atoms with E-state index in [1.165, 1.54) is 0 Å². The van der Waals surface area contributed by atoms with Gasteiger partial charge in [0.1, 0.15) is 11.3 Å². The summed E-state index contributed by atoms with van der Waals surface area (Å²) >= 11 is 0. The van der Waals surface area contributed by atoms with Gasteiger partial charge in [0.2, 0.25) is 0 Å². The summed E-state index contributed by atoms with van der Waals surface area (Å²) in [6, 6.07) is 13.5. The summed E-state index contributed by atoms with van der Waals surface area (Å²) in [6.45, 7) is 0. The standard InChI is InChI=1S/C15H12N2O2/c1-17-13(15(18)19)9-12-11(7-8-16-14(12)17)10-5-3-2-4-6-10/h2-9H,1H3,(H,18,19). The van der Waals surface area contributed by atoms with Crippen LogP contribution in [0.1, 0.15) is 10.5 Å². The zero-order chi connectivity index (χ0) is 13.4. The first-order valence-electron chi connectivity index (χ1n) is 5.91. The maximum Gasteiger partial charge on any atom is 0.352 e. The Bertz CT molecular complexity index is 760. The number of carbonyl (C=O) groups is 1. The number of aromatic carboxylic acids is 1. The monoisotopic (exact) mass is 252 g/mol. The Hall–Kier alpha value is -2.62. The van der Waals surface area contributed by atoms with Gasteiger partial charge < -0.3 is 9.67 Å². The molecule has 3 rings (SSSR count). The Morgan fingerprint density at radius 2 is 1.95 bits per heavy atom. The van der Waals surface area contributed by atoms with Crippen LogP contribution in [0, 0.1) is 0 Å². The maximum atomic E-state index is 11.2. The number of benzene rings is 1. The number of pyridine rings is 1.